The van der Waals surface area contributed by atoms with Crippen molar-refractivity contribution in [3.05, 3.63) is 59.1 Å². The fourth-order valence-electron chi connectivity index (χ4n) is 2.22. The van der Waals surface area contributed by atoms with Gasteiger partial charge in [-0.3, -0.25) is 14.4 Å². The molecule has 5 nitrogen and oxygen atoms in total. The summed E-state index contributed by atoms with van der Waals surface area (Å²) in [6, 6.07) is 13.8. The smallest absolute Gasteiger partial charge is 0.307 e. The number of hydrogen-bond acceptors (Lipinski definition) is 5. The number of benzene rings is 2. The van der Waals surface area contributed by atoms with Gasteiger partial charge < -0.3 is 10.1 Å². The average Bonchev–Trinajstić information content (AvgIpc) is 2.67. The molecular formula is C20H20ClNO4S. The Morgan fingerprint density at radius 3 is 2.26 bits per heavy atom. The van der Waals surface area contributed by atoms with Crippen LogP contribution in [0.3, 0.4) is 0 Å². The quantitative estimate of drug-likeness (QED) is 0.395. The molecular weight excluding hydrogens is 386 g/mol. The van der Waals surface area contributed by atoms with Crippen LogP contribution < -0.4 is 5.32 Å². The van der Waals surface area contributed by atoms with Crippen LogP contribution in [0.2, 0.25) is 5.02 Å². The molecule has 27 heavy (non-hydrogen) atoms. The highest BCUT2D eigenvalue weighted by atomic mass is 35.5. The van der Waals surface area contributed by atoms with E-state index in [2.05, 4.69) is 5.32 Å². The number of carbonyl (C=O) groups is 3. The number of amides is 1. The van der Waals surface area contributed by atoms with E-state index in [1.165, 1.54) is 6.92 Å². The van der Waals surface area contributed by atoms with E-state index in [-0.39, 0.29) is 18.6 Å². The number of carbonyl (C=O) groups excluding carboxylic acids is 3. The number of Topliss-reactive ketones (excluding diaryl/α,β-unsaturated/α-hetero) is 1. The number of ketones is 1. The zero-order valence-corrected chi connectivity index (χ0v) is 16.6. The molecule has 0 fully saturated rings. The van der Waals surface area contributed by atoms with Gasteiger partial charge in [0.05, 0.1) is 6.42 Å². The van der Waals surface area contributed by atoms with Crippen LogP contribution in [-0.4, -0.2) is 30.0 Å². The lowest BCUT2D eigenvalue weighted by molar-refractivity contribution is -0.153. The van der Waals surface area contributed by atoms with E-state index in [9.17, 15) is 14.4 Å². The van der Waals surface area contributed by atoms with Crippen LogP contribution >= 0.6 is 23.4 Å². The molecule has 0 radical (unpaired) electrons. The van der Waals surface area contributed by atoms with Crippen molar-refractivity contribution < 1.29 is 19.1 Å². The molecule has 2 rings (SSSR count). The van der Waals surface area contributed by atoms with Gasteiger partial charge in [0.1, 0.15) is 0 Å². The molecule has 0 aliphatic rings. The maximum Gasteiger partial charge on any atom is 0.307 e. The summed E-state index contributed by atoms with van der Waals surface area (Å²) in [5, 5.41) is 3.19. The minimum absolute atomic E-state index is 0.0307. The van der Waals surface area contributed by atoms with E-state index in [4.69, 9.17) is 16.3 Å². The fraction of sp³-hybridized carbons (Fsp3) is 0.250. The summed E-state index contributed by atoms with van der Waals surface area (Å²) in [6.07, 6.45) is 0.936. The molecule has 0 aliphatic heterocycles. The molecule has 1 N–H and O–H groups in total. The largest absolute Gasteiger partial charge is 0.453 e. The first-order valence-corrected chi connectivity index (χ1v) is 9.92. The van der Waals surface area contributed by atoms with Gasteiger partial charge in [-0.1, -0.05) is 23.7 Å². The van der Waals surface area contributed by atoms with E-state index in [1.807, 2.05) is 18.4 Å². The molecule has 0 spiro atoms. The van der Waals surface area contributed by atoms with E-state index in [0.717, 1.165) is 4.90 Å². The number of anilines is 1. The summed E-state index contributed by atoms with van der Waals surface area (Å²) in [6.45, 7) is 1.48. The Balaban J connectivity index is 1.78. The maximum atomic E-state index is 12.1. The van der Waals surface area contributed by atoms with Crippen molar-refractivity contribution in [1.82, 2.24) is 0 Å². The number of esters is 1. The molecule has 7 heteroatoms. The minimum atomic E-state index is -0.968. The molecule has 1 amide bonds. The Bertz CT molecular complexity index is 806. The van der Waals surface area contributed by atoms with Gasteiger partial charge in [0.15, 0.2) is 11.9 Å². The maximum absolute atomic E-state index is 12.1. The molecule has 0 saturated heterocycles. The molecule has 2 aromatic carbocycles. The zero-order valence-electron chi connectivity index (χ0n) is 15.0. The van der Waals surface area contributed by atoms with E-state index >= 15 is 0 Å². The van der Waals surface area contributed by atoms with Crippen molar-refractivity contribution in [3.63, 3.8) is 0 Å². The van der Waals surface area contributed by atoms with Crippen LogP contribution in [0.1, 0.15) is 30.1 Å². The molecule has 1 atom stereocenters. The van der Waals surface area contributed by atoms with Gasteiger partial charge in [-0.15, -0.1) is 11.8 Å². The average molecular weight is 406 g/mol. The fourth-order valence-corrected chi connectivity index (χ4v) is 2.76. The number of ether oxygens (including phenoxy) is 1. The van der Waals surface area contributed by atoms with Crippen LogP contribution in [0.4, 0.5) is 5.69 Å². The van der Waals surface area contributed by atoms with Crippen LogP contribution in [0.25, 0.3) is 0 Å². The van der Waals surface area contributed by atoms with Gasteiger partial charge in [-0.2, -0.15) is 0 Å². The Labute approximate surface area is 167 Å². The molecule has 0 bridgehead atoms. The van der Waals surface area contributed by atoms with Crippen molar-refractivity contribution in [2.45, 2.75) is 30.8 Å². The minimum Gasteiger partial charge on any atom is -0.453 e. The predicted octanol–water partition coefficient (Wildman–Crippen LogP) is 4.60. The second-order valence-corrected chi connectivity index (χ2v) is 7.10. The highest BCUT2D eigenvalue weighted by Gasteiger charge is 2.19. The third kappa shape index (κ3) is 6.73. The third-order valence-electron chi connectivity index (χ3n) is 3.76. The lowest BCUT2D eigenvalue weighted by atomic mass is 10.1. The lowest BCUT2D eigenvalue weighted by Crippen LogP contribution is -2.30. The zero-order chi connectivity index (χ0) is 19.8. The SMILES string of the molecule is CSc1ccc(C(=O)CCC(=O)O[C@@H](C)C(=O)Nc2ccc(Cl)cc2)cc1. The number of rotatable bonds is 8. The number of nitrogens with one attached hydrogen (secondary N) is 1. The Kier molecular flexibility index (Phi) is 7.88. The van der Waals surface area contributed by atoms with Crippen LogP contribution in [0, 0.1) is 0 Å². The van der Waals surface area contributed by atoms with E-state index in [0.29, 0.717) is 16.3 Å². The summed E-state index contributed by atoms with van der Waals surface area (Å²) in [5.41, 5.74) is 1.10. The number of hydrogen-bond donors (Lipinski definition) is 1. The summed E-state index contributed by atoms with van der Waals surface area (Å²) >= 11 is 7.38. The Morgan fingerprint density at radius 2 is 1.67 bits per heavy atom. The van der Waals surface area contributed by atoms with Crippen molar-refractivity contribution in [1.29, 1.82) is 0 Å². The van der Waals surface area contributed by atoms with Crippen LogP contribution in [-0.2, 0) is 14.3 Å². The van der Waals surface area contributed by atoms with Crippen LogP contribution in [0.5, 0.6) is 0 Å². The molecule has 0 unspecified atom stereocenters. The molecule has 0 aliphatic carbocycles. The normalized spacial score (nSPS) is 11.5. The monoisotopic (exact) mass is 405 g/mol. The van der Waals surface area contributed by atoms with Gasteiger partial charge in [0, 0.05) is 27.6 Å². The van der Waals surface area contributed by atoms with Gasteiger partial charge in [0.25, 0.3) is 5.91 Å². The van der Waals surface area contributed by atoms with Crippen molar-refractivity contribution in [3.8, 4) is 0 Å². The lowest BCUT2D eigenvalue weighted by Gasteiger charge is -2.13. The standard InChI is InChI=1S/C20H20ClNO4S/c1-13(20(25)22-16-7-5-15(21)6-8-16)26-19(24)12-11-18(23)14-3-9-17(27-2)10-4-14/h3-10,13H,11-12H2,1-2H3,(H,22,25)/t13-/m0/s1. The summed E-state index contributed by atoms with van der Waals surface area (Å²) in [7, 11) is 0. The number of thioether (sulfide) groups is 1. The van der Waals surface area contributed by atoms with Crippen molar-refractivity contribution in [2.24, 2.45) is 0 Å². The molecule has 0 saturated carbocycles. The van der Waals surface area contributed by atoms with Crippen molar-refractivity contribution >= 4 is 46.7 Å². The first kappa shape index (κ1) is 21.0. The summed E-state index contributed by atoms with van der Waals surface area (Å²) in [4.78, 5) is 37.2. The molecule has 142 valence electrons. The summed E-state index contributed by atoms with van der Waals surface area (Å²) in [5.74, 6) is -1.19. The highest BCUT2D eigenvalue weighted by molar-refractivity contribution is 7.98. The second-order valence-electron chi connectivity index (χ2n) is 5.78. The van der Waals surface area contributed by atoms with Crippen LogP contribution in [0.15, 0.2) is 53.4 Å². The topological polar surface area (TPSA) is 72.5 Å². The van der Waals surface area contributed by atoms with Gasteiger partial charge in [0.2, 0.25) is 0 Å². The molecule has 2 aromatic rings. The number of halogens is 1. The highest BCUT2D eigenvalue weighted by Crippen LogP contribution is 2.17. The Morgan fingerprint density at radius 1 is 1.04 bits per heavy atom. The summed E-state index contributed by atoms with van der Waals surface area (Å²) < 4.78 is 5.10. The molecule has 0 heterocycles. The third-order valence-corrected chi connectivity index (χ3v) is 4.75. The first-order valence-electron chi connectivity index (χ1n) is 8.32. The first-order chi connectivity index (χ1) is 12.9. The van der Waals surface area contributed by atoms with Gasteiger partial charge >= 0.3 is 5.97 Å². The van der Waals surface area contributed by atoms with Crippen molar-refractivity contribution in [2.75, 3.05) is 11.6 Å². The molecule has 0 aromatic heterocycles. The van der Waals surface area contributed by atoms with Gasteiger partial charge in [-0.05, 0) is 49.6 Å². The predicted molar refractivity (Wildman–Crippen MR) is 107 cm³/mol. The van der Waals surface area contributed by atoms with E-state index < -0.39 is 18.0 Å². The second kappa shape index (κ2) is 10.1. The van der Waals surface area contributed by atoms with E-state index in [1.54, 1.807) is 48.2 Å². The Hall–Kier alpha value is -2.31. The van der Waals surface area contributed by atoms with Gasteiger partial charge in [-0.25, -0.2) is 0 Å².